The number of hydrogen-bond acceptors (Lipinski definition) is 3. The zero-order chi connectivity index (χ0) is 9.26. The summed E-state index contributed by atoms with van der Waals surface area (Å²) in [6.45, 7) is 0. The number of nitrogens with zero attached hydrogens (tertiary/aromatic N) is 1. The van der Waals surface area contributed by atoms with E-state index in [-0.39, 0.29) is 5.43 Å². The van der Waals surface area contributed by atoms with Crippen LogP contribution in [-0.4, -0.2) is 17.1 Å². The molecule has 2 aromatic rings. The van der Waals surface area contributed by atoms with Crippen molar-refractivity contribution in [1.82, 2.24) is 9.97 Å². The molecule has 0 saturated heterocycles. The number of fused-ring (bicyclic) bond motifs is 1. The number of aromatic amines is 1. The normalized spacial score (nSPS) is 10.2. The monoisotopic (exact) mass is 176 g/mol. The van der Waals surface area contributed by atoms with E-state index in [9.17, 15) is 4.79 Å². The van der Waals surface area contributed by atoms with Crippen molar-refractivity contribution in [2.24, 2.45) is 0 Å². The minimum Gasteiger partial charge on any atom is -0.482 e. The predicted molar refractivity (Wildman–Crippen MR) is 48.9 cm³/mol. The molecule has 2 heterocycles. The van der Waals surface area contributed by atoms with Crippen LogP contribution in [0.2, 0.25) is 0 Å². The molecule has 0 aliphatic carbocycles. The predicted octanol–water partition coefficient (Wildman–Crippen LogP) is 0.932. The molecule has 0 atom stereocenters. The van der Waals surface area contributed by atoms with Crippen molar-refractivity contribution >= 4 is 11.0 Å². The van der Waals surface area contributed by atoms with Crippen molar-refractivity contribution in [3.63, 3.8) is 0 Å². The summed E-state index contributed by atoms with van der Waals surface area (Å²) >= 11 is 0. The summed E-state index contributed by atoms with van der Waals surface area (Å²) in [6, 6.07) is 4.93. The zero-order valence-electron chi connectivity index (χ0n) is 7.07. The highest BCUT2D eigenvalue weighted by Gasteiger charge is 2.01. The fourth-order valence-electron chi connectivity index (χ4n) is 1.17. The topological polar surface area (TPSA) is 55.0 Å². The zero-order valence-corrected chi connectivity index (χ0v) is 7.07. The van der Waals surface area contributed by atoms with Crippen molar-refractivity contribution in [1.29, 1.82) is 0 Å². The first kappa shape index (κ1) is 7.79. The summed E-state index contributed by atoms with van der Waals surface area (Å²) in [4.78, 5) is 18.3. The molecule has 4 nitrogen and oxygen atoms in total. The first-order valence-corrected chi connectivity index (χ1v) is 3.83. The number of nitrogens with one attached hydrogen (secondary N) is 1. The van der Waals surface area contributed by atoms with Crippen LogP contribution in [0.4, 0.5) is 0 Å². The van der Waals surface area contributed by atoms with Gasteiger partial charge in [-0.05, 0) is 12.1 Å². The molecular weight excluding hydrogens is 168 g/mol. The maximum absolute atomic E-state index is 11.4. The van der Waals surface area contributed by atoms with Crippen LogP contribution in [0.3, 0.4) is 0 Å². The minimum absolute atomic E-state index is 0.133. The standard InChI is InChI=1S/C9H8N2O2/c1-13-8-5-7(12)9-6(11-8)3-2-4-10-9/h2-5H,1H3,(H,11,12). The van der Waals surface area contributed by atoms with Gasteiger partial charge in [-0.1, -0.05) is 0 Å². The molecule has 0 unspecified atom stereocenters. The van der Waals surface area contributed by atoms with E-state index in [2.05, 4.69) is 9.97 Å². The maximum atomic E-state index is 11.4. The Morgan fingerprint density at radius 1 is 1.54 bits per heavy atom. The minimum atomic E-state index is -0.133. The van der Waals surface area contributed by atoms with Gasteiger partial charge in [0.2, 0.25) is 5.43 Å². The van der Waals surface area contributed by atoms with Crippen molar-refractivity contribution in [3.05, 3.63) is 34.6 Å². The van der Waals surface area contributed by atoms with Gasteiger partial charge in [-0.2, -0.15) is 0 Å². The quantitative estimate of drug-likeness (QED) is 0.703. The van der Waals surface area contributed by atoms with Gasteiger partial charge in [0.05, 0.1) is 12.6 Å². The molecule has 0 fully saturated rings. The van der Waals surface area contributed by atoms with Gasteiger partial charge < -0.3 is 9.72 Å². The Labute approximate surface area is 74.2 Å². The number of ether oxygens (including phenoxy) is 1. The van der Waals surface area contributed by atoms with Crippen LogP contribution in [0.5, 0.6) is 5.88 Å². The van der Waals surface area contributed by atoms with E-state index in [1.54, 1.807) is 18.3 Å². The van der Waals surface area contributed by atoms with Crippen LogP contribution in [-0.2, 0) is 0 Å². The van der Waals surface area contributed by atoms with E-state index in [4.69, 9.17) is 4.74 Å². The van der Waals surface area contributed by atoms with E-state index >= 15 is 0 Å². The number of rotatable bonds is 1. The summed E-state index contributed by atoms with van der Waals surface area (Å²) < 4.78 is 4.92. The Morgan fingerprint density at radius 3 is 3.15 bits per heavy atom. The van der Waals surface area contributed by atoms with Crippen LogP contribution >= 0.6 is 0 Å². The lowest BCUT2D eigenvalue weighted by atomic mass is 10.3. The largest absolute Gasteiger partial charge is 0.482 e. The maximum Gasteiger partial charge on any atom is 0.211 e. The van der Waals surface area contributed by atoms with Crippen LogP contribution < -0.4 is 10.2 Å². The smallest absolute Gasteiger partial charge is 0.211 e. The summed E-state index contributed by atoms with van der Waals surface area (Å²) in [6.07, 6.45) is 1.59. The second-order valence-corrected chi connectivity index (χ2v) is 2.60. The highest BCUT2D eigenvalue weighted by molar-refractivity contribution is 5.73. The average Bonchev–Trinajstić information content (AvgIpc) is 2.18. The van der Waals surface area contributed by atoms with E-state index in [1.165, 1.54) is 13.2 Å². The molecule has 2 aromatic heterocycles. The van der Waals surface area contributed by atoms with Crippen LogP contribution in [0.15, 0.2) is 29.2 Å². The van der Waals surface area contributed by atoms with Gasteiger partial charge >= 0.3 is 0 Å². The molecule has 2 rings (SSSR count). The molecule has 66 valence electrons. The molecule has 0 amide bonds. The molecule has 0 bridgehead atoms. The van der Waals surface area contributed by atoms with Gasteiger partial charge in [0.1, 0.15) is 5.52 Å². The molecule has 13 heavy (non-hydrogen) atoms. The van der Waals surface area contributed by atoms with Gasteiger partial charge in [-0.25, -0.2) is 0 Å². The summed E-state index contributed by atoms with van der Waals surface area (Å²) in [7, 11) is 1.51. The van der Waals surface area contributed by atoms with E-state index < -0.39 is 0 Å². The Balaban J connectivity index is 2.85. The van der Waals surface area contributed by atoms with Crippen LogP contribution in [0.25, 0.3) is 11.0 Å². The molecule has 0 aliphatic heterocycles. The number of methoxy groups -OCH3 is 1. The Hall–Kier alpha value is -1.84. The summed E-state index contributed by atoms with van der Waals surface area (Å²) in [5, 5.41) is 0. The van der Waals surface area contributed by atoms with Gasteiger partial charge in [-0.3, -0.25) is 9.78 Å². The second-order valence-electron chi connectivity index (χ2n) is 2.60. The molecule has 0 spiro atoms. The van der Waals surface area contributed by atoms with E-state index in [0.717, 1.165) is 0 Å². The third-order valence-corrected chi connectivity index (χ3v) is 1.78. The Morgan fingerprint density at radius 2 is 2.38 bits per heavy atom. The highest BCUT2D eigenvalue weighted by atomic mass is 16.5. The number of aromatic nitrogens is 2. The Kier molecular flexibility index (Phi) is 1.73. The van der Waals surface area contributed by atoms with Crippen LogP contribution in [0.1, 0.15) is 0 Å². The SMILES string of the molecule is COc1cc(=O)c2ncccc2[nH]1. The lowest BCUT2D eigenvalue weighted by Gasteiger charge is -2.00. The molecule has 0 aliphatic rings. The first-order valence-electron chi connectivity index (χ1n) is 3.83. The average molecular weight is 176 g/mol. The van der Waals surface area contributed by atoms with Crippen molar-refractivity contribution < 1.29 is 4.74 Å². The molecule has 4 heteroatoms. The van der Waals surface area contributed by atoms with Gasteiger partial charge in [-0.15, -0.1) is 0 Å². The number of H-pyrrole nitrogens is 1. The van der Waals surface area contributed by atoms with Gasteiger partial charge in [0.25, 0.3) is 0 Å². The van der Waals surface area contributed by atoms with Crippen molar-refractivity contribution in [2.45, 2.75) is 0 Å². The number of hydrogen-bond donors (Lipinski definition) is 1. The highest BCUT2D eigenvalue weighted by Crippen LogP contribution is 2.08. The lowest BCUT2D eigenvalue weighted by Crippen LogP contribution is -2.04. The molecule has 0 saturated carbocycles. The second kappa shape index (κ2) is 2.90. The fourth-order valence-corrected chi connectivity index (χ4v) is 1.17. The Bertz CT molecular complexity index is 490. The van der Waals surface area contributed by atoms with E-state index in [1.807, 2.05) is 0 Å². The van der Waals surface area contributed by atoms with Gasteiger partial charge in [0, 0.05) is 12.3 Å². The molecule has 1 N–H and O–H groups in total. The molecule has 0 radical (unpaired) electrons. The third kappa shape index (κ3) is 1.26. The number of pyridine rings is 2. The first-order chi connectivity index (χ1) is 6.31. The summed E-state index contributed by atoms with van der Waals surface area (Å²) in [5.74, 6) is 0.450. The fraction of sp³-hybridized carbons (Fsp3) is 0.111. The summed E-state index contributed by atoms with van der Waals surface area (Å²) in [5.41, 5.74) is 0.987. The molecule has 0 aromatic carbocycles. The van der Waals surface area contributed by atoms with Crippen LogP contribution in [0, 0.1) is 0 Å². The van der Waals surface area contributed by atoms with Crippen molar-refractivity contribution in [3.8, 4) is 5.88 Å². The molecular formula is C9H8N2O2. The third-order valence-electron chi connectivity index (χ3n) is 1.78. The van der Waals surface area contributed by atoms with Gasteiger partial charge in [0.15, 0.2) is 5.88 Å². The lowest BCUT2D eigenvalue weighted by molar-refractivity contribution is 0.399. The van der Waals surface area contributed by atoms with E-state index in [0.29, 0.717) is 16.9 Å². The van der Waals surface area contributed by atoms with Crippen molar-refractivity contribution in [2.75, 3.05) is 7.11 Å².